The molecule has 0 aliphatic carbocycles. The molecule has 1 atom stereocenters. The molecule has 2 N–H and O–H groups in total. The largest absolute Gasteiger partial charge is 0.371 e. The Balaban J connectivity index is 1.73. The number of hydrogen-bond acceptors (Lipinski definition) is 4. The molecule has 3 rings (SSSR count). The minimum absolute atomic E-state index is 0.161. The van der Waals surface area contributed by atoms with Crippen molar-refractivity contribution in [1.82, 2.24) is 10.6 Å². The molecular formula is C17H23N3O2. The van der Waals surface area contributed by atoms with Crippen LogP contribution >= 0.6 is 0 Å². The van der Waals surface area contributed by atoms with Gasteiger partial charge in [0.1, 0.15) is 0 Å². The summed E-state index contributed by atoms with van der Waals surface area (Å²) in [6.45, 7) is 2.06. The zero-order chi connectivity index (χ0) is 15.5. The van der Waals surface area contributed by atoms with Crippen molar-refractivity contribution >= 4 is 17.5 Å². The number of imide groups is 1. The summed E-state index contributed by atoms with van der Waals surface area (Å²) in [5, 5.41) is 5.78. The summed E-state index contributed by atoms with van der Waals surface area (Å²) in [5.74, 6) is -0.527. The van der Waals surface area contributed by atoms with Crippen LogP contribution in [0.2, 0.25) is 0 Å². The number of anilines is 1. The van der Waals surface area contributed by atoms with Gasteiger partial charge in [0, 0.05) is 31.2 Å². The third-order valence-corrected chi connectivity index (χ3v) is 4.78. The van der Waals surface area contributed by atoms with Crippen LogP contribution in [-0.2, 0) is 9.59 Å². The van der Waals surface area contributed by atoms with Crippen molar-refractivity contribution in [2.75, 3.05) is 25.0 Å². The fourth-order valence-electron chi connectivity index (χ4n) is 3.38. The standard InChI is InChI=1S/C17H23N3O2/c1-18-13-7-9-20(10-8-13)14-4-2-3-12(11-14)15-5-6-16(21)19-17(15)22/h2-4,11,13,15,18H,5-10H2,1H3,(H,19,21,22). The molecule has 118 valence electrons. The molecule has 1 aromatic rings. The van der Waals surface area contributed by atoms with E-state index in [4.69, 9.17) is 0 Å². The molecule has 2 heterocycles. The summed E-state index contributed by atoms with van der Waals surface area (Å²) in [6.07, 6.45) is 3.31. The number of benzene rings is 1. The minimum atomic E-state index is -0.201. The van der Waals surface area contributed by atoms with E-state index in [-0.39, 0.29) is 17.7 Å². The Morgan fingerprint density at radius 3 is 2.64 bits per heavy atom. The number of carbonyl (C=O) groups excluding carboxylic acids is 2. The van der Waals surface area contributed by atoms with Gasteiger partial charge in [-0.1, -0.05) is 12.1 Å². The number of rotatable bonds is 3. The van der Waals surface area contributed by atoms with Crippen molar-refractivity contribution < 1.29 is 9.59 Å². The van der Waals surface area contributed by atoms with Crippen molar-refractivity contribution in [2.24, 2.45) is 0 Å². The molecule has 2 amide bonds. The first-order valence-electron chi connectivity index (χ1n) is 8.03. The van der Waals surface area contributed by atoms with Crippen LogP contribution in [0.5, 0.6) is 0 Å². The molecule has 2 fully saturated rings. The lowest BCUT2D eigenvalue weighted by molar-refractivity contribution is -0.134. The topological polar surface area (TPSA) is 61.4 Å². The Morgan fingerprint density at radius 1 is 1.18 bits per heavy atom. The maximum Gasteiger partial charge on any atom is 0.234 e. The monoisotopic (exact) mass is 301 g/mol. The van der Waals surface area contributed by atoms with E-state index in [9.17, 15) is 9.59 Å². The number of carbonyl (C=O) groups is 2. The average molecular weight is 301 g/mol. The summed E-state index contributed by atoms with van der Waals surface area (Å²) < 4.78 is 0. The van der Waals surface area contributed by atoms with Gasteiger partial charge in [-0.2, -0.15) is 0 Å². The average Bonchev–Trinajstić information content (AvgIpc) is 2.55. The highest BCUT2D eigenvalue weighted by molar-refractivity contribution is 6.01. The first-order chi connectivity index (χ1) is 10.7. The summed E-state index contributed by atoms with van der Waals surface area (Å²) in [6, 6.07) is 8.83. The second-order valence-corrected chi connectivity index (χ2v) is 6.15. The van der Waals surface area contributed by atoms with Crippen molar-refractivity contribution in [3.8, 4) is 0 Å². The number of nitrogens with one attached hydrogen (secondary N) is 2. The fraction of sp³-hybridized carbons (Fsp3) is 0.529. The third kappa shape index (κ3) is 3.14. The molecule has 5 heteroatoms. The Bertz CT molecular complexity index is 565. The highest BCUT2D eigenvalue weighted by Gasteiger charge is 2.28. The molecule has 22 heavy (non-hydrogen) atoms. The van der Waals surface area contributed by atoms with Crippen LogP contribution in [0.4, 0.5) is 5.69 Å². The maximum absolute atomic E-state index is 12.0. The zero-order valence-electron chi connectivity index (χ0n) is 13.0. The Hall–Kier alpha value is -1.88. The molecule has 0 spiro atoms. The number of nitrogens with zero attached hydrogens (tertiary/aromatic N) is 1. The quantitative estimate of drug-likeness (QED) is 0.828. The molecule has 2 aliphatic rings. The van der Waals surface area contributed by atoms with Crippen LogP contribution in [0.1, 0.15) is 37.2 Å². The molecule has 2 saturated heterocycles. The summed E-state index contributed by atoms with van der Waals surface area (Å²) in [4.78, 5) is 25.7. The number of hydrogen-bond donors (Lipinski definition) is 2. The normalized spacial score (nSPS) is 23.5. The van der Waals surface area contributed by atoms with Gasteiger partial charge in [0.05, 0.1) is 5.92 Å². The Labute approximate surface area is 131 Å². The van der Waals surface area contributed by atoms with E-state index in [1.165, 1.54) is 5.69 Å². The lowest BCUT2D eigenvalue weighted by atomic mass is 9.90. The van der Waals surface area contributed by atoms with E-state index in [0.717, 1.165) is 31.5 Å². The molecule has 0 radical (unpaired) electrons. The first-order valence-corrected chi connectivity index (χ1v) is 8.03. The highest BCUT2D eigenvalue weighted by atomic mass is 16.2. The van der Waals surface area contributed by atoms with Gasteiger partial charge in [0.2, 0.25) is 11.8 Å². The van der Waals surface area contributed by atoms with E-state index in [2.05, 4.69) is 27.7 Å². The third-order valence-electron chi connectivity index (χ3n) is 4.78. The van der Waals surface area contributed by atoms with Gasteiger partial charge in [0.25, 0.3) is 0 Å². The number of piperidine rings is 2. The van der Waals surface area contributed by atoms with Crippen LogP contribution in [-0.4, -0.2) is 38.0 Å². The van der Waals surface area contributed by atoms with Gasteiger partial charge in [-0.05, 0) is 44.0 Å². The van der Waals surface area contributed by atoms with Gasteiger partial charge < -0.3 is 10.2 Å². The van der Waals surface area contributed by atoms with Gasteiger partial charge in [0.15, 0.2) is 0 Å². The molecule has 0 saturated carbocycles. The number of amides is 2. The molecule has 0 aromatic heterocycles. The lowest BCUT2D eigenvalue weighted by Crippen LogP contribution is -2.41. The second-order valence-electron chi connectivity index (χ2n) is 6.15. The van der Waals surface area contributed by atoms with E-state index in [1.54, 1.807) is 0 Å². The SMILES string of the molecule is CNC1CCN(c2cccc(C3CCC(=O)NC3=O)c2)CC1. The highest BCUT2D eigenvalue weighted by Crippen LogP contribution is 2.29. The molecule has 0 bridgehead atoms. The molecule has 1 unspecified atom stereocenters. The summed E-state index contributed by atoms with van der Waals surface area (Å²) >= 11 is 0. The summed E-state index contributed by atoms with van der Waals surface area (Å²) in [7, 11) is 2.02. The van der Waals surface area contributed by atoms with E-state index in [0.29, 0.717) is 18.9 Å². The minimum Gasteiger partial charge on any atom is -0.371 e. The van der Waals surface area contributed by atoms with E-state index >= 15 is 0 Å². The smallest absolute Gasteiger partial charge is 0.234 e. The second kappa shape index (κ2) is 6.48. The van der Waals surface area contributed by atoms with Gasteiger partial charge in [-0.25, -0.2) is 0 Å². The van der Waals surface area contributed by atoms with Crippen LogP contribution in [0.25, 0.3) is 0 Å². The first kappa shape index (κ1) is 15.0. The summed E-state index contributed by atoms with van der Waals surface area (Å²) in [5.41, 5.74) is 2.19. The van der Waals surface area contributed by atoms with Crippen LogP contribution in [0.15, 0.2) is 24.3 Å². The van der Waals surface area contributed by atoms with Crippen LogP contribution < -0.4 is 15.5 Å². The fourth-order valence-corrected chi connectivity index (χ4v) is 3.38. The van der Waals surface area contributed by atoms with Crippen molar-refractivity contribution in [1.29, 1.82) is 0 Å². The molecule has 5 nitrogen and oxygen atoms in total. The zero-order valence-corrected chi connectivity index (χ0v) is 13.0. The predicted octanol–water partition coefficient (Wildman–Crippen LogP) is 1.39. The lowest BCUT2D eigenvalue weighted by Gasteiger charge is -2.34. The van der Waals surface area contributed by atoms with Gasteiger partial charge in [-0.3, -0.25) is 14.9 Å². The van der Waals surface area contributed by atoms with Crippen molar-refractivity contribution in [3.05, 3.63) is 29.8 Å². The molecule has 2 aliphatic heterocycles. The Morgan fingerprint density at radius 2 is 1.95 bits per heavy atom. The predicted molar refractivity (Wildman–Crippen MR) is 85.9 cm³/mol. The molecular weight excluding hydrogens is 278 g/mol. The van der Waals surface area contributed by atoms with E-state index < -0.39 is 0 Å². The van der Waals surface area contributed by atoms with Crippen LogP contribution in [0, 0.1) is 0 Å². The van der Waals surface area contributed by atoms with Crippen molar-refractivity contribution in [2.45, 2.75) is 37.6 Å². The van der Waals surface area contributed by atoms with Gasteiger partial charge in [-0.15, -0.1) is 0 Å². The van der Waals surface area contributed by atoms with Gasteiger partial charge >= 0.3 is 0 Å². The maximum atomic E-state index is 12.0. The van der Waals surface area contributed by atoms with E-state index in [1.807, 2.05) is 19.2 Å². The van der Waals surface area contributed by atoms with Crippen LogP contribution in [0.3, 0.4) is 0 Å². The molecule has 1 aromatic carbocycles. The Kier molecular flexibility index (Phi) is 4.43. The van der Waals surface area contributed by atoms with Crippen molar-refractivity contribution in [3.63, 3.8) is 0 Å².